The van der Waals surface area contributed by atoms with Crippen LogP contribution in [0.25, 0.3) is 6.08 Å². The third kappa shape index (κ3) is 3.20. The SMILES string of the molecule is Cc1ccc(/C=C/C[C@H]2O[C@@H]3O[C@@]4(C)CC[C@H]5[C@H](C)CCC([C@H]2C)[C@@]35OO4)cc1. The van der Waals surface area contributed by atoms with Crippen molar-refractivity contribution in [3.63, 3.8) is 0 Å². The second-order valence-electron chi connectivity index (χ2n) is 9.99. The quantitative estimate of drug-likeness (QED) is 0.617. The highest BCUT2D eigenvalue weighted by atomic mass is 17.3. The molecule has 0 N–H and O–H groups in total. The fourth-order valence-electron chi connectivity index (χ4n) is 6.26. The van der Waals surface area contributed by atoms with Crippen molar-refractivity contribution in [2.45, 2.75) is 83.6 Å². The van der Waals surface area contributed by atoms with E-state index in [1.54, 1.807) is 0 Å². The predicted octanol–water partition coefficient (Wildman–Crippen LogP) is 5.65. The summed E-state index contributed by atoms with van der Waals surface area (Å²) in [7, 11) is 0. The van der Waals surface area contributed by atoms with Crippen LogP contribution in [0.15, 0.2) is 30.3 Å². The molecule has 1 spiro atoms. The number of hydrogen-bond donors (Lipinski definition) is 0. The monoisotopic (exact) mass is 398 g/mol. The molecule has 5 aliphatic rings. The number of aryl methyl sites for hydroxylation is 1. The minimum absolute atomic E-state index is 0.137. The summed E-state index contributed by atoms with van der Waals surface area (Å²) in [4.78, 5) is 12.1. The van der Waals surface area contributed by atoms with E-state index in [0.717, 1.165) is 25.7 Å². The molecule has 0 radical (unpaired) electrons. The lowest BCUT2D eigenvalue weighted by molar-refractivity contribution is -0.571. The third-order valence-electron chi connectivity index (χ3n) is 8.05. The molecule has 8 atom stereocenters. The van der Waals surface area contributed by atoms with Gasteiger partial charge >= 0.3 is 0 Å². The van der Waals surface area contributed by atoms with Crippen LogP contribution in [-0.2, 0) is 19.2 Å². The van der Waals surface area contributed by atoms with Crippen molar-refractivity contribution >= 4 is 6.08 Å². The summed E-state index contributed by atoms with van der Waals surface area (Å²) in [6.07, 6.45) is 9.49. The molecule has 4 aliphatic heterocycles. The maximum Gasteiger partial charge on any atom is 0.201 e. The van der Waals surface area contributed by atoms with Crippen LogP contribution in [0.5, 0.6) is 0 Å². The van der Waals surface area contributed by atoms with Gasteiger partial charge in [-0.15, -0.1) is 0 Å². The average Bonchev–Trinajstić information content (AvgIpc) is 2.93. The molecule has 0 aromatic heterocycles. The Morgan fingerprint density at radius 1 is 1.03 bits per heavy atom. The van der Waals surface area contributed by atoms with Gasteiger partial charge in [0, 0.05) is 12.3 Å². The smallest absolute Gasteiger partial charge is 0.201 e. The Balaban J connectivity index is 1.39. The minimum Gasteiger partial charge on any atom is -0.346 e. The minimum atomic E-state index is -0.694. The van der Waals surface area contributed by atoms with Crippen molar-refractivity contribution in [3.05, 3.63) is 41.5 Å². The molecule has 29 heavy (non-hydrogen) atoms. The number of hydrogen-bond acceptors (Lipinski definition) is 4. The summed E-state index contributed by atoms with van der Waals surface area (Å²) in [6.45, 7) is 8.80. The molecular weight excluding hydrogens is 364 g/mol. The fourth-order valence-corrected chi connectivity index (χ4v) is 6.26. The van der Waals surface area contributed by atoms with E-state index in [1.165, 1.54) is 17.5 Å². The highest BCUT2D eigenvalue weighted by Gasteiger charge is 2.69. The van der Waals surface area contributed by atoms with E-state index < -0.39 is 11.4 Å². The molecule has 1 saturated carbocycles. The summed E-state index contributed by atoms with van der Waals surface area (Å²) in [5, 5.41) is 0. The number of rotatable bonds is 3. The summed E-state index contributed by atoms with van der Waals surface area (Å²) >= 11 is 0. The third-order valence-corrected chi connectivity index (χ3v) is 8.05. The normalized spacial score (nSPS) is 46.5. The molecule has 4 nitrogen and oxygen atoms in total. The van der Waals surface area contributed by atoms with Crippen molar-refractivity contribution in [1.29, 1.82) is 0 Å². The summed E-state index contributed by atoms with van der Waals surface area (Å²) in [6, 6.07) is 8.64. The van der Waals surface area contributed by atoms with Crippen LogP contribution in [0, 0.1) is 30.6 Å². The Kier molecular flexibility index (Phi) is 4.90. The van der Waals surface area contributed by atoms with Gasteiger partial charge in [-0.1, -0.05) is 55.8 Å². The highest BCUT2D eigenvalue weighted by Crippen LogP contribution is 2.60. The molecule has 1 aromatic rings. The van der Waals surface area contributed by atoms with Gasteiger partial charge in [-0.05, 0) is 62.8 Å². The van der Waals surface area contributed by atoms with Gasteiger partial charge < -0.3 is 9.47 Å². The van der Waals surface area contributed by atoms with E-state index in [1.807, 2.05) is 6.92 Å². The molecule has 0 amide bonds. The number of ether oxygens (including phenoxy) is 2. The first-order valence-corrected chi connectivity index (χ1v) is 11.3. The molecule has 1 aromatic carbocycles. The van der Waals surface area contributed by atoms with Crippen LogP contribution in [0.2, 0.25) is 0 Å². The van der Waals surface area contributed by atoms with Crippen molar-refractivity contribution in [2.75, 3.05) is 0 Å². The molecule has 2 bridgehead atoms. The largest absolute Gasteiger partial charge is 0.346 e. The lowest BCUT2D eigenvalue weighted by Gasteiger charge is -2.60. The summed E-state index contributed by atoms with van der Waals surface area (Å²) in [5.74, 6) is 1.15. The molecule has 158 valence electrons. The second kappa shape index (κ2) is 7.19. The summed E-state index contributed by atoms with van der Waals surface area (Å²) < 4.78 is 13.1. The van der Waals surface area contributed by atoms with Crippen LogP contribution in [0.3, 0.4) is 0 Å². The van der Waals surface area contributed by atoms with E-state index >= 15 is 0 Å². The Labute approximate surface area is 174 Å². The maximum atomic E-state index is 6.64. The van der Waals surface area contributed by atoms with Gasteiger partial charge in [-0.25, -0.2) is 9.78 Å². The maximum absolute atomic E-state index is 6.64. The van der Waals surface area contributed by atoms with Crippen LogP contribution >= 0.6 is 0 Å². The van der Waals surface area contributed by atoms with Gasteiger partial charge in [0.2, 0.25) is 5.79 Å². The molecular formula is C25H34O4. The molecule has 4 heterocycles. The Bertz CT molecular complexity index is 774. The number of fused-ring (bicyclic) bond motifs is 2. The standard InChI is InChI=1S/C25H34O4/c1-16-8-11-19(12-9-16)6-5-7-22-18(3)21-13-10-17(2)20-14-15-24(4)27-23(26-22)25(20,21)29-28-24/h5-6,8-9,11-12,17-18,20-23H,7,10,13-15H2,1-4H3/b6-5+/t17-,18-,20+,21?,22-,23-,24-,25-/m1/s1. The fraction of sp³-hybridized carbons (Fsp3) is 0.680. The van der Waals surface area contributed by atoms with E-state index in [9.17, 15) is 0 Å². The van der Waals surface area contributed by atoms with Gasteiger partial charge in [0.25, 0.3) is 0 Å². The van der Waals surface area contributed by atoms with Crippen molar-refractivity contribution < 1.29 is 19.2 Å². The van der Waals surface area contributed by atoms with E-state index in [-0.39, 0.29) is 12.4 Å². The Morgan fingerprint density at radius 2 is 1.83 bits per heavy atom. The zero-order chi connectivity index (χ0) is 20.2. The molecule has 1 unspecified atom stereocenters. The number of benzene rings is 1. The first-order chi connectivity index (χ1) is 13.9. The van der Waals surface area contributed by atoms with Gasteiger partial charge in [-0.3, -0.25) is 0 Å². The van der Waals surface area contributed by atoms with E-state index in [2.05, 4.69) is 57.2 Å². The highest BCUT2D eigenvalue weighted by molar-refractivity contribution is 5.49. The second-order valence-corrected chi connectivity index (χ2v) is 9.99. The van der Waals surface area contributed by atoms with Crippen LogP contribution in [0.4, 0.5) is 0 Å². The van der Waals surface area contributed by atoms with Crippen molar-refractivity contribution in [2.24, 2.45) is 23.7 Å². The van der Waals surface area contributed by atoms with Crippen LogP contribution < -0.4 is 0 Å². The van der Waals surface area contributed by atoms with Gasteiger partial charge in [-0.2, -0.15) is 0 Å². The molecule has 4 heteroatoms. The van der Waals surface area contributed by atoms with E-state index in [0.29, 0.717) is 23.7 Å². The zero-order valence-corrected chi connectivity index (χ0v) is 18.1. The molecule has 4 saturated heterocycles. The lowest BCUT2D eigenvalue weighted by Crippen LogP contribution is -2.70. The lowest BCUT2D eigenvalue weighted by atomic mass is 9.57. The van der Waals surface area contributed by atoms with Crippen LogP contribution in [-0.4, -0.2) is 23.8 Å². The molecule has 1 aliphatic carbocycles. The average molecular weight is 399 g/mol. The predicted molar refractivity (Wildman–Crippen MR) is 112 cm³/mol. The first kappa shape index (κ1) is 19.7. The topological polar surface area (TPSA) is 36.9 Å². The van der Waals surface area contributed by atoms with Crippen molar-refractivity contribution in [1.82, 2.24) is 0 Å². The Morgan fingerprint density at radius 3 is 2.62 bits per heavy atom. The molecule has 5 fully saturated rings. The van der Waals surface area contributed by atoms with Gasteiger partial charge in [0.15, 0.2) is 11.9 Å². The molecule has 6 rings (SSSR count). The first-order valence-electron chi connectivity index (χ1n) is 11.3. The zero-order valence-electron chi connectivity index (χ0n) is 18.1. The van der Waals surface area contributed by atoms with Crippen molar-refractivity contribution in [3.8, 4) is 0 Å². The van der Waals surface area contributed by atoms with Crippen LogP contribution in [0.1, 0.15) is 64.0 Å². The Hall–Kier alpha value is -1.20. The van der Waals surface area contributed by atoms with Gasteiger partial charge in [0.1, 0.15) is 0 Å². The van der Waals surface area contributed by atoms with Gasteiger partial charge in [0.05, 0.1) is 6.10 Å². The summed E-state index contributed by atoms with van der Waals surface area (Å²) in [5.41, 5.74) is 2.06. The van der Waals surface area contributed by atoms with E-state index in [4.69, 9.17) is 19.2 Å².